The van der Waals surface area contributed by atoms with Gasteiger partial charge in [0.2, 0.25) is 5.82 Å². The van der Waals surface area contributed by atoms with Crippen molar-refractivity contribution < 1.29 is 28.0 Å². The van der Waals surface area contributed by atoms with Gasteiger partial charge in [-0.1, -0.05) is 11.6 Å². The Kier molecular flexibility index (Phi) is 6.84. The number of anilines is 1. The second-order valence-corrected chi connectivity index (χ2v) is 9.64. The Balaban J connectivity index is 1.35. The first-order valence-corrected chi connectivity index (χ1v) is 12.1. The monoisotopic (exact) mass is 550 g/mol. The molecular formula is C24H22ClF3N6O4. The van der Waals surface area contributed by atoms with Gasteiger partial charge >= 0.3 is 6.18 Å². The van der Waals surface area contributed by atoms with Crippen LogP contribution in [0.5, 0.6) is 0 Å². The molecule has 0 saturated carbocycles. The largest absolute Gasteiger partial charge is 0.451 e. The Morgan fingerprint density at radius 1 is 1.05 bits per heavy atom. The lowest BCUT2D eigenvalue weighted by Crippen LogP contribution is -2.54. The number of nitrogens with zero attached hydrogens (tertiary/aromatic N) is 6. The normalized spacial score (nSPS) is 20.8. The molecule has 0 aliphatic carbocycles. The highest BCUT2D eigenvalue weighted by atomic mass is 35.5. The van der Waals surface area contributed by atoms with Crippen LogP contribution in [-0.4, -0.2) is 87.1 Å². The van der Waals surface area contributed by atoms with Gasteiger partial charge in [0.15, 0.2) is 0 Å². The van der Waals surface area contributed by atoms with Crippen LogP contribution in [0.15, 0.2) is 42.5 Å². The molecule has 2 aliphatic heterocycles. The molecule has 200 valence electrons. The maximum atomic E-state index is 13.5. The Hall–Kier alpha value is -3.55. The molecule has 0 spiro atoms. The van der Waals surface area contributed by atoms with E-state index < -0.39 is 29.1 Å². The number of aliphatic hydroxyl groups excluding tert-OH is 1. The first kappa shape index (κ1) is 26.1. The van der Waals surface area contributed by atoms with Crippen LogP contribution in [0.2, 0.25) is 5.02 Å². The van der Waals surface area contributed by atoms with Gasteiger partial charge in [0.05, 0.1) is 22.6 Å². The van der Waals surface area contributed by atoms with Crippen LogP contribution in [0.4, 0.5) is 24.7 Å². The summed E-state index contributed by atoms with van der Waals surface area (Å²) < 4.78 is 40.6. The third-order valence-electron chi connectivity index (χ3n) is 6.84. The van der Waals surface area contributed by atoms with E-state index in [2.05, 4.69) is 9.97 Å². The number of amides is 1. The van der Waals surface area contributed by atoms with Gasteiger partial charge in [0, 0.05) is 67.4 Å². The van der Waals surface area contributed by atoms with Crippen molar-refractivity contribution in [3.63, 3.8) is 0 Å². The molecule has 38 heavy (non-hydrogen) atoms. The van der Waals surface area contributed by atoms with Crippen molar-refractivity contribution in [2.75, 3.05) is 44.2 Å². The van der Waals surface area contributed by atoms with Crippen molar-refractivity contribution in [1.29, 1.82) is 0 Å². The van der Waals surface area contributed by atoms with E-state index in [1.807, 2.05) is 4.90 Å². The molecule has 0 radical (unpaired) electrons. The fraction of sp³-hybridized carbons (Fsp3) is 0.375. The van der Waals surface area contributed by atoms with Gasteiger partial charge in [-0.3, -0.25) is 19.8 Å². The number of β-amino-alcohol motifs (C(OH)–C–C–N with tert-alkyl or cyclic N) is 1. The number of nitro groups is 1. The summed E-state index contributed by atoms with van der Waals surface area (Å²) in [5.41, 5.74) is 0.125. The zero-order chi connectivity index (χ0) is 27.2. The van der Waals surface area contributed by atoms with Crippen molar-refractivity contribution in [2.24, 2.45) is 0 Å². The van der Waals surface area contributed by atoms with Gasteiger partial charge in [0.1, 0.15) is 5.82 Å². The standard InChI is InChI=1S/C24H22ClF3N6O4/c25-15-3-1-14(2-4-15)22(36)32-9-7-31(8-10-32)19-12-33(13-20(19)35)21-17-11-16(34(37)38)5-6-18(17)29-23(30-21)24(26,27)28/h1-6,11,19-20,35H,7-10,12-13H2/t19-,20-/m0/s1. The maximum absolute atomic E-state index is 13.5. The van der Waals surface area contributed by atoms with E-state index in [1.165, 1.54) is 4.90 Å². The predicted molar refractivity (Wildman–Crippen MR) is 132 cm³/mol. The van der Waals surface area contributed by atoms with E-state index in [0.717, 1.165) is 18.2 Å². The number of benzene rings is 2. The molecule has 2 atom stereocenters. The summed E-state index contributed by atoms with van der Waals surface area (Å²) in [6, 6.07) is 9.56. The lowest BCUT2D eigenvalue weighted by molar-refractivity contribution is -0.384. The lowest BCUT2D eigenvalue weighted by Gasteiger charge is -2.38. The predicted octanol–water partition coefficient (Wildman–Crippen LogP) is 3.22. The Morgan fingerprint density at radius 2 is 1.74 bits per heavy atom. The molecular weight excluding hydrogens is 529 g/mol. The lowest BCUT2D eigenvalue weighted by atomic mass is 10.1. The van der Waals surface area contributed by atoms with Crippen LogP contribution in [0.25, 0.3) is 10.9 Å². The third-order valence-corrected chi connectivity index (χ3v) is 7.10. The highest BCUT2D eigenvalue weighted by Crippen LogP contribution is 2.35. The molecule has 5 rings (SSSR count). The molecule has 3 heterocycles. The number of fused-ring (bicyclic) bond motifs is 1. The number of hydrogen-bond acceptors (Lipinski definition) is 8. The smallest absolute Gasteiger partial charge is 0.390 e. The quantitative estimate of drug-likeness (QED) is 0.389. The van der Waals surface area contributed by atoms with Crippen molar-refractivity contribution in [3.8, 4) is 0 Å². The van der Waals surface area contributed by atoms with Crippen LogP contribution >= 0.6 is 11.6 Å². The minimum absolute atomic E-state index is 0.0132. The minimum atomic E-state index is -4.82. The zero-order valence-electron chi connectivity index (χ0n) is 19.8. The van der Waals surface area contributed by atoms with E-state index in [1.54, 1.807) is 29.2 Å². The van der Waals surface area contributed by atoms with E-state index >= 15 is 0 Å². The summed E-state index contributed by atoms with van der Waals surface area (Å²) in [6.45, 7) is 1.87. The van der Waals surface area contributed by atoms with Gasteiger partial charge in [-0.25, -0.2) is 9.97 Å². The first-order valence-electron chi connectivity index (χ1n) is 11.8. The van der Waals surface area contributed by atoms with Gasteiger partial charge in [-0.2, -0.15) is 13.2 Å². The van der Waals surface area contributed by atoms with Crippen LogP contribution < -0.4 is 4.90 Å². The molecule has 1 aromatic heterocycles. The molecule has 1 N–H and O–H groups in total. The topological polar surface area (TPSA) is 116 Å². The fourth-order valence-electron chi connectivity index (χ4n) is 4.91. The van der Waals surface area contributed by atoms with E-state index in [-0.39, 0.29) is 41.4 Å². The summed E-state index contributed by atoms with van der Waals surface area (Å²) in [7, 11) is 0. The zero-order valence-corrected chi connectivity index (χ0v) is 20.6. The highest BCUT2D eigenvalue weighted by Gasteiger charge is 2.41. The molecule has 1 amide bonds. The van der Waals surface area contributed by atoms with Crippen LogP contribution in [0.3, 0.4) is 0 Å². The number of non-ortho nitro benzene ring substituents is 1. The van der Waals surface area contributed by atoms with Crippen LogP contribution in [-0.2, 0) is 6.18 Å². The molecule has 2 fully saturated rings. The van der Waals surface area contributed by atoms with Crippen LogP contribution in [0.1, 0.15) is 16.2 Å². The number of aliphatic hydroxyl groups is 1. The summed E-state index contributed by atoms with van der Waals surface area (Å²) in [5, 5.41) is 22.8. The first-order chi connectivity index (χ1) is 18.0. The second kappa shape index (κ2) is 9.97. The number of hydrogen-bond donors (Lipinski definition) is 1. The molecule has 0 bridgehead atoms. The summed E-state index contributed by atoms with van der Waals surface area (Å²) in [6.07, 6.45) is -5.73. The molecule has 10 nitrogen and oxygen atoms in total. The highest BCUT2D eigenvalue weighted by molar-refractivity contribution is 6.30. The molecule has 2 saturated heterocycles. The number of piperazine rings is 1. The van der Waals surface area contributed by atoms with Crippen molar-refractivity contribution in [1.82, 2.24) is 19.8 Å². The summed E-state index contributed by atoms with van der Waals surface area (Å²) in [4.78, 5) is 35.9. The molecule has 2 aliphatic rings. The fourth-order valence-corrected chi connectivity index (χ4v) is 5.04. The SMILES string of the molecule is O=C(c1ccc(Cl)cc1)N1CCN([C@H]2CN(c3nc(C(F)(F)F)nc4ccc([N+](=O)[O-])cc34)C[C@@H]2O)CC1. The second-order valence-electron chi connectivity index (χ2n) is 9.20. The van der Waals surface area contributed by atoms with Gasteiger partial charge in [0.25, 0.3) is 11.6 Å². The Labute approximate surface area is 219 Å². The van der Waals surface area contributed by atoms with Crippen LogP contribution in [0, 0.1) is 10.1 Å². The minimum Gasteiger partial charge on any atom is -0.390 e. The third kappa shape index (κ3) is 5.08. The van der Waals surface area contributed by atoms with E-state index in [4.69, 9.17) is 11.6 Å². The number of rotatable bonds is 4. The Morgan fingerprint density at radius 3 is 2.37 bits per heavy atom. The van der Waals surface area contributed by atoms with Crippen molar-refractivity contribution in [2.45, 2.75) is 18.3 Å². The maximum Gasteiger partial charge on any atom is 0.451 e. The number of carbonyl (C=O) groups excluding carboxylic acids is 1. The van der Waals surface area contributed by atoms with Crippen molar-refractivity contribution >= 4 is 39.9 Å². The number of aromatic nitrogens is 2. The summed E-state index contributed by atoms with van der Waals surface area (Å²) >= 11 is 5.90. The van der Waals surface area contributed by atoms with E-state index in [0.29, 0.717) is 36.8 Å². The molecule has 2 aromatic carbocycles. The molecule has 3 aromatic rings. The molecule has 14 heteroatoms. The average molecular weight is 551 g/mol. The number of nitro benzene ring substituents is 1. The van der Waals surface area contributed by atoms with Crippen molar-refractivity contribution in [3.05, 3.63) is 69.0 Å². The van der Waals surface area contributed by atoms with Gasteiger partial charge in [-0.15, -0.1) is 0 Å². The number of halogens is 4. The molecule has 0 unspecified atom stereocenters. The summed E-state index contributed by atoms with van der Waals surface area (Å²) in [5.74, 6) is -1.62. The Bertz CT molecular complexity index is 1380. The van der Waals surface area contributed by atoms with Gasteiger partial charge in [-0.05, 0) is 30.3 Å². The average Bonchev–Trinajstić information content (AvgIpc) is 3.28. The number of alkyl halides is 3. The number of carbonyl (C=O) groups is 1. The van der Waals surface area contributed by atoms with Gasteiger partial charge < -0.3 is 14.9 Å². The van der Waals surface area contributed by atoms with E-state index in [9.17, 15) is 33.2 Å².